The topological polar surface area (TPSA) is 92.1 Å². The van der Waals surface area contributed by atoms with Crippen LogP contribution in [0.4, 0.5) is 16.4 Å². The molecule has 8 nitrogen and oxygen atoms in total. The molecule has 0 atom stereocenters. The molecule has 0 saturated carbocycles. The zero-order valence-electron chi connectivity index (χ0n) is 16.2. The summed E-state index contributed by atoms with van der Waals surface area (Å²) in [5, 5.41) is 2.22. The summed E-state index contributed by atoms with van der Waals surface area (Å²) in [6.07, 6.45) is 1.36. The number of nitrogens with one attached hydrogen (secondary N) is 1. The summed E-state index contributed by atoms with van der Waals surface area (Å²) in [4.78, 5) is 40.6. The quantitative estimate of drug-likeness (QED) is 0.634. The molecule has 4 rings (SSSR count). The van der Waals surface area contributed by atoms with Crippen molar-refractivity contribution in [1.82, 2.24) is 5.32 Å². The highest BCUT2D eigenvalue weighted by Crippen LogP contribution is 2.26. The van der Waals surface area contributed by atoms with Crippen molar-refractivity contribution in [2.45, 2.75) is 13.8 Å². The Bertz CT molecular complexity index is 1020. The van der Waals surface area contributed by atoms with E-state index in [0.29, 0.717) is 43.6 Å². The average Bonchev–Trinajstić information content (AvgIpc) is 3.17. The van der Waals surface area contributed by atoms with Crippen molar-refractivity contribution < 1.29 is 23.5 Å². The molecule has 29 heavy (non-hydrogen) atoms. The Balaban J connectivity index is 1.63. The maximum atomic E-state index is 13.0. The van der Waals surface area contributed by atoms with Crippen molar-refractivity contribution in [3.63, 3.8) is 0 Å². The second-order valence-electron chi connectivity index (χ2n) is 7.00. The lowest BCUT2D eigenvalue weighted by Gasteiger charge is -2.27. The summed E-state index contributed by atoms with van der Waals surface area (Å²) in [5.74, 6) is -0.430. The zero-order valence-corrected chi connectivity index (χ0v) is 16.2. The van der Waals surface area contributed by atoms with Crippen LogP contribution in [0.1, 0.15) is 16.9 Å². The van der Waals surface area contributed by atoms with Gasteiger partial charge in [-0.25, -0.2) is 9.69 Å². The number of imide groups is 2. The number of urea groups is 1. The van der Waals surface area contributed by atoms with E-state index in [0.717, 1.165) is 16.0 Å². The predicted octanol–water partition coefficient (Wildman–Crippen LogP) is 2.40. The van der Waals surface area contributed by atoms with Crippen LogP contribution in [0.15, 0.2) is 40.3 Å². The lowest BCUT2D eigenvalue weighted by molar-refractivity contribution is -0.122. The van der Waals surface area contributed by atoms with Crippen molar-refractivity contribution in [1.29, 1.82) is 0 Å². The van der Waals surface area contributed by atoms with Gasteiger partial charge in [0.2, 0.25) is 0 Å². The van der Waals surface area contributed by atoms with Crippen LogP contribution in [0.25, 0.3) is 6.08 Å². The molecular weight excluding hydrogens is 374 g/mol. The largest absolute Gasteiger partial charge is 0.441 e. The molecule has 150 valence electrons. The number of morpholine rings is 1. The normalized spacial score (nSPS) is 19.1. The van der Waals surface area contributed by atoms with E-state index in [1.807, 2.05) is 24.8 Å². The number of anilines is 2. The summed E-state index contributed by atoms with van der Waals surface area (Å²) >= 11 is 0. The molecule has 0 bridgehead atoms. The van der Waals surface area contributed by atoms with Gasteiger partial charge in [-0.3, -0.25) is 14.9 Å². The first-order chi connectivity index (χ1) is 13.9. The molecule has 8 heteroatoms. The maximum Gasteiger partial charge on any atom is 0.335 e. The van der Waals surface area contributed by atoms with Gasteiger partial charge >= 0.3 is 6.03 Å². The number of furan rings is 1. The minimum Gasteiger partial charge on any atom is -0.441 e. The maximum absolute atomic E-state index is 13.0. The molecule has 2 aliphatic heterocycles. The molecule has 0 radical (unpaired) electrons. The predicted molar refractivity (Wildman–Crippen MR) is 107 cm³/mol. The number of carbonyl (C=O) groups excluding carboxylic acids is 3. The van der Waals surface area contributed by atoms with Crippen LogP contribution in [-0.2, 0) is 14.3 Å². The van der Waals surface area contributed by atoms with Gasteiger partial charge in [0, 0.05) is 19.2 Å². The molecule has 0 spiro atoms. The van der Waals surface area contributed by atoms with Crippen LogP contribution in [0.5, 0.6) is 0 Å². The van der Waals surface area contributed by atoms with Gasteiger partial charge in [-0.1, -0.05) is 6.07 Å². The van der Waals surface area contributed by atoms with Gasteiger partial charge in [0.15, 0.2) is 5.88 Å². The van der Waals surface area contributed by atoms with Crippen LogP contribution in [0, 0.1) is 13.8 Å². The summed E-state index contributed by atoms with van der Waals surface area (Å²) in [7, 11) is 0. The fraction of sp³-hybridized carbons (Fsp3) is 0.286. The molecule has 0 unspecified atom stereocenters. The van der Waals surface area contributed by atoms with E-state index in [2.05, 4.69) is 5.32 Å². The second kappa shape index (κ2) is 7.56. The monoisotopic (exact) mass is 395 g/mol. The Labute approximate surface area is 167 Å². The second-order valence-corrected chi connectivity index (χ2v) is 7.00. The van der Waals surface area contributed by atoms with Crippen LogP contribution >= 0.6 is 0 Å². The standard InChI is InChI=1S/C21H21N3O5/c1-13-3-4-15(11-14(13)2)24-20(26)17(19(25)22-21(24)27)12-16-5-6-18(29-16)23-7-9-28-10-8-23/h3-6,11-12H,7-10H2,1-2H3,(H,22,25,27)/b17-12-. The highest BCUT2D eigenvalue weighted by Gasteiger charge is 2.37. The van der Waals surface area contributed by atoms with E-state index < -0.39 is 17.8 Å². The van der Waals surface area contributed by atoms with Crippen LogP contribution < -0.4 is 15.1 Å². The van der Waals surface area contributed by atoms with E-state index in [1.165, 1.54) is 6.08 Å². The fourth-order valence-corrected chi connectivity index (χ4v) is 3.27. The van der Waals surface area contributed by atoms with Gasteiger partial charge in [-0.15, -0.1) is 0 Å². The first kappa shape index (κ1) is 18.9. The van der Waals surface area contributed by atoms with Gasteiger partial charge < -0.3 is 14.1 Å². The van der Waals surface area contributed by atoms with E-state index in [-0.39, 0.29) is 5.57 Å². The van der Waals surface area contributed by atoms with E-state index in [9.17, 15) is 14.4 Å². The number of rotatable bonds is 3. The number of hydrogen-bond acceptors (Lipinski definition) is 6. The summed E-state index contributed by atoms with van der Waals surface area (Å²) in [6, 6.07) is 7.95. The van der Waals surface area contributed by atoms with Crippen LogP contribution in [0.2, 0.25) is 0 Å². The third-order valence-electron chi connectivity index (χ3n) is 5.07. The number of ether oxygens (including phenoxy) is 1. The fourth-order valence-electron chi connectivity index (χ4n) is 3.27. The molecule has 4 amide bonds. The van der Waals surface area contributed by atoms with Crippen LogP contribution in [0.3, 0.4) is 0 Å². The SMILES string of the molecule is Cc1ccc(N2C(=O)NC(=O)/C(=C/c3ccc(N4CCOCC4)o3)C2=O)cc1C. The molecule has 2 fully saturated rings. The van der Waals surface area contributed by atoms with Crippen molar-refractivity contribution in [2.75, 3.05) is 36.1 Å². The Morgan fingerprint density at radius 2 is 1.76 bits per heavy atom. The van der Waals surface area contributed by atoms with Gasteiger partial charge in [-0.2, -0.15) is 0 Å². The van der Waals surface area contributed by atoms with Crippen molar-refractivity contribution in [3.05, 3.63) is 52.8 Å². The average molecular weight is 395 g/mol. The number of carbonyl (C=O) groups is 3. The molecule has 0 aliphatic carbocycles. The van der Waals surface area contributed by atoms with E-state index in [4.69, 9.17) is 9.15 Å². The first-order valence-corrected chi connectivity index (χ1v) is 9.35. The van der Waals surface area contributed by atoms with E-state index in [1.54, 1.807) is 24.3 Å². The third-order valence-corrected chi connectivity index (χ3v) is 5.07. The van der Waals surface area contributed by atoms with Crippen LogP contribution in [-0.4, -0.2) is 44.1 Å². The Morgan fingerprint density at radius 3 is 2.48 bits per heavy atom. The molecule has 1 N–H and O–H groups in total. The lowest BCUT2D eigenvalue weighted by atomic mass is 10.1. The number of barbiturate groups is 1. The molecular formula is C21H21N3O5. The highest BCUT2D eigenvalue weighted by atomic mass is 16.5. The number of benzene rings is 1. The van der Waals surface area contributed by atoms with E-state index >= 15 is 0 Å². The molecule has 3 heterocycles. The Hall–Kier alpha value is -3.39. The number of amides is 4. The summed E-state index contributed by atoms with van der Waals surface area (Å²) < 4.78 is 11.1. The lowest BCUT2D eigenvalue weighted by Crippen LogP contribution is -2.54. The molecule has 2 aromatic rings. The van der Waals surface area contributed by atoms with Crippen molar-refractivity contribution >= 4 is 35.5 Å². The Kier molecular flexibility index (Phi) is 4.94. The minimum absolute atomic E-state index is 0.161. The minimum atomic E-state index is -0.770. The number of aryl methyl sites for hydroxylation is 2. The highest BCUT2D eigenvalue weighted by molar-refractivity contribution is 6.39. The molecule has 2 aliphatic rings. The molecule has 1 aromatic carbocycles. The summed E-state index contributed by atoms with van der Waals surface area (Å²) in [5.41, 5.74) is 2.22. The van der Waals surface area contributed by atoms with Crippen molar-refractivity contribution in [2.24, 2.45) is 0 Å². The van der Waals surface area contributed by atoms with Gasteiger partial charge in [0.25, 0.3) is 11.8 Å². The molecule has 2 saturated heterocycles. The van der Waals surface area contributed by atoms with Gasteiger partial charge in [0.1, 0.15) is 11.3 Å². The number of nitrogens with zero attached hydrogens (tertiary/aromatic N) is 2. The zero-order chi connectivity index (χ0) is 20.5. The van der Waals surface area contributed by atoms with Gasteiger partial charge in [-0.05, 0) is 49.2 Å². The summed E-state index contributed by atoms with van der Waals surface area (Å²) in [6.45, 7) is 6.48. The Morgan fingerprint density at radius 1 is 1.00 bits per heavy atom. The first-order valence-electron chi connectivity index (χ1n) is 9.35. The van der Waals surface area contributed by atoms with Crippen molar-refractivity contribution in [3.8, 4) is 0 Å². The number of hydrogen-bond donors (Lipinski definition) is 1. The third kappa shape index (κ3) is 3.66. The smallest absolute Gasteiger partial charge is 0.335 e. The molecule has 1 aromatic heterocycles. The van der Waals surface area contributed by atoms with Gasteiger partial charge in [0.05, 0.1) is 18.9 Å².